The summed E-state index contributed by atoms with van der Waals surface area (Å²) in [4.78, 5) is 11.1. The molecule has 12 heavy (non-hydrogen) atoms. The molecule has 0 saturated heterocycles. The molecule has 0 amide bonds. The van der Waals surface area contributed by atoms with Crippen LogP contribution < -0.4 is 0 Å². The predicted octanol–water partition coefficient (Wildman–Crippen LogP) is 2.46. The molecule has 0 unspecified atom stereocenters. The predicted molar refractivity (Wildman–Crippen MR) is 49.8 cm³/mol. The number of ether oxygens (including phenoxy) is 1. The van der Waals surface area contributed by atoms with E-state index in [4.69, 9.17) is 4.74 Å². The van der Waals surface area contributed by atoms with Gasteiger partial charge in [-0.2, -0.15) is 0 Å². The summed E-state index contributed by atoms with van der Waals surface area (Å²) < 4.78 is 5.11. The maximum absolute atomic E-state index is 11.1. The molecule has 0 aromatic carbocycles. The molecular weight excluding hydrogens is 152 g/mol. The van der Waals surface area contributed by atoms with Crippen LogP contribution in [0.5, 0.6) is 0 Å². The van der Waals surface area contributed by atoms with Crippen molar-refractivity contribution in [2.45, 2.75) is 33.3 Å². The van der Waals surface area contributed by atoms with E-state index < -0.39 is 5.60 Å². The van der Waals surface area contributed by atoms with Gasteiger partial charge in [-0.15, -0.1) is 0 Å². The molecule has 0 atom stereocenters. The van der Waals surface area contributed by atoms with Crippen molar-refractivity contribution in [1.29, 1.82) is 0 Å². The zero-order chi connectivity index (χ0) is 9.78. The number of rotatable bonds is 3. The van der Waals surface area contributed by atoms with Crippen LogP contribution in [0.4, 0.5) is 0 Å². The van der Waals surface area contributed by atoms with Crippen LogP contribution in [0.3, 0.4) is 0 Å². The Balaban J connectivity index is 4.24. The highest BCUT2D eigenvalue weighted by atomic mass is 16.6. The summed E-state index contributed by atoms with van der Waals surface area (Å²) in [6.07, 6.45) is 3.68. The fourth-order valence-electron chi connectivity index (χ4n) is 0.761. The SMILES string of the molecule is C=C(C)C(=O)OC(C)(C)C=CC. The van der Waals surface area contributed by atoms with Crippen molar-refractivity contribution in [3.63, 3.8) is 0 Å². The van der Waals surface area contributed by atoms with Crippen LogP contribution in [-0.2, 0) is 9.53 Å². The first kappa shape index (κ1) is 11.0. The van der Waals surface area contributed by atoms with Gasteiger partial charge in [0.15, 0.2) is 0 Å². The van der Waals surface area contributed by atoms with Crippen molar-refractivity contribution in [3.05, 3.63) is 24.3 Å². The van der Waals surface area contributed by atoms with Crippen LogP contribution in [-0.4, -0.2) is 11.6 Å². The molecule has 0 aliphatic heterocycles. The zero-order valence-corrected chi connectivity index (χ0v) is 8.18. The molecule has 0 heterocycles. The van der Waals surface area contributed by atoms with Gasteiger partial charge in [0.1, 0.15) is 5.60 Å². The number of hydrogen-bond acceptors (Lipinski definition) is 2. The van der Waals surface area contributed by atoms with E-state index in [0.717, 1.165) is 0 Å². The molecule has 0 aromatic heterocycles. The molecule has 0 aliphatic rings. The van der Waals surface area contributed by atoms with Gasteiger partial charge < -0.3 is 4.74 Å². The van der Waals surface area contributed by atoms with Crippen LogP contribution in [0.1, 0.15) is 27.7 Å². The van der Waals surface area contributed by atoms with Crippen LogP contribution in [0.25, 0.3) is 0 Å². The summed E-state index contributed by atoms with van der Waals surface area (Å²) in [6.45, 7) is 10.7. The van der Waals surface area contributed by atoms with E-state index in [9.17, 15) is 4.79 Å². The Labute approximate surface area is 73.9 Å². The zero-order valence-electron chi connectivity index (χ0n) is 8.18. The quantitative estimate of drug-likeness (QED) is 0.367. The summed E-state index contributed by atoms with van der Waals surface area (Å²) in [6, 6.07) is 0. The average Bonchev–Trinajstić information content (AvgIpc) is 1.85. The first-order valence-corrected chi connectivity index (χ1v) is 3.92. The van der Waals surface area contributed by atoms with Crippen molar-refractivity contribution in [2.75, 3.05) is 0 Å². The Bertz CT molecular complexity index is 212. The molecule has 0 N–H and O–H groups in total. The molecule has 0 spiro atoms. The second kappa shape index (κ2) is 4.10. The summed E-state index contributed by atoms with van der Waals surface area (Å²) >= 11 is 0. The lowest BCUT2D eigenvalue weighted by atomic mass is 10.1. The number of allylic oxidation sites excluding steroid dienone is 1. The van der Waals surface area contributed by atoms with Crippen LogP contribution >= 0.6 is 0 Å². The monoisotopic (exact) mass is 168 g/mol. The van der Waals surface area contributed by atoms with Gasteiger partial charge >= 0.3 is 5.97 Å². The molecule has 2 nitrogen and oxygen atoms in total. The van der Waals surface area contributed by atoms with Crippen LogP contribution in [0.15, 0.2) is 24.3 Å². The van der Waals surface area contributed by atoms with Crippen molar-refractivity contribution < 1.29 is 9.53 Å². The normalized spacial score (nSPS) is 11.7. The van der Waals surface area contributed by atoms with Gasteiger partial charge in [0.2, 0.25) is 0 Å². The van der Waals surface area contributed by atoms with E-state index in [0.29, 0.717) is 5.57 Å². The van der Waals surface area contributed by atoms with E-state index in [-0.39, 0.29) is 5.97 Å². The van der Waals surface area contributed by atoms with Crippen molar-refractivity contribution in [2.24, 2.45) is 0 Å². The third-order valence-corrected chi connectivity index (χ3v) is 1.27. The highest BCUT2D eigenvalue weighted by molar-refractivity contribution is 5.87. The minimum absolute atomic E-state index is 0.349. The van der Waals surface area contributed by atoms with Crippen LogP contribution in [0.2, 0.25) is 0 Å². The number of carbonyl (C=O) groups is 1. The van der Waals surface area contributed by atoms with E-state index in [1.165, 1.54) is 0 Å². The van der Waals surface area contributed by atoms with Crippen molar-refractivity contribution in [1.82, 2.24) is 0 Å². The fourth-order valence-corrected chi connectivity index (χ4v) is 0.761. The average molecular weight is 168 g/mol. The maximum Gasteiger partial charge on any atom is 0.333 e. The van der Waals surface area contributed by atoms with E-state index in [1.807, 2.05) is 32.9 Å². The topological polar surface area (TPSA) is 26.3 Å². The molecule has 0 bridgehead atoms. The lowest BCUT2D eigenvalue weighted by Gasteiger charge is -2.20. The molecule has 0 aliphatic carbocycles. The third kappa shape index (κ3) is 3.96. The lowest BCUT2D eigenvalue weighted by molar-refractivity contribution is -0.147. The van der Waals surface area contributed by atoms with Gasteiger partial charge in [0, 0.05) is 5.57 Å². The second-order valence-electron chi connectivity index (χ2n) is 3.27. The van der Waals surface area contributed by atoms with Crippen molar-refractivity contribution in [3.8, 4) is 0 Å². The van der Waals surface area contributed by atoms with E-state index in [2.05, 4.69) is 6.58 Å². The molecule has 0 aromatic rings. The standard InChI is InChI=1S/C10H16O2/c1-6-7-10(4,5)12-9(11)8(2)3/h6-7H,2H2,1,3-5H3. The summed E-state index contributed by atoms with van der Waals surface area (Å²) in [5.74, 6) is -0.349. The Morgan fingerprint density at radius 2 is 2.00 bits per heavy atom. The summed E-state index contributed by atoms with van der Waals surface area (Å²) in [5.41, 5.74) is -0.113. The van der Waals surface area contributed by atoms with Gasteiger partial charge in [0.05, 0.1) is 0 Å². The van der Waals surface area contributed by atoms with Crippen LogP contribution in [0, 0.1) is 0 Å². The molecule has 0 radical (unpaired) electrons. The fraction of sp³-hybridized carbons (Fsp3) is 0.500. The molecular formula is C10H16O2. The molecule has 0 saturated carbocycles. The highest BCUT2D eigenvalue weighted by Crippen LogP contribution is 2.12. The minimum atomic E-state index is -0.537. The van der Waals surface area contributed by atoms with Crippen molar-refractivity contribution >= 4 is 5.97 Å². The largest absolute Gasteiger partial charge is 0.452 e. The Kier molecular flexibility index (Phi) is 3.74. The molecule has 0 rings (SSSR count). The smallest absolute Gasteiger partial charge is 0.333 e. The highest BCUT2D eigenvalue weighted by Gasteiger charge is 2.18. The third-order valence-electron chi connectivity index (χ3n) is 1.27. The second-order valence-corrected chi connectivity index (χ2v) is 3.27. The summed E-state index contributed by atoms with van der Waals surface area (Å²) in [7, 11) is 0. The lowest BCUT2D eigenvalue weighted by Crippen LogP contribution is -2.25. The van der Waals surface area contributed by atoms with Gasteiger partial charge in [-0.1, -0.05) is 12.7 Å². The minimum Gasteiger partial charge on any atom is -0.452 e. The van der Waals surface area contributed by atoms with E-state index >= 15 is 0 Å². The molecule has 68 valence electrons. The molecule has 0 fully saturated rings. The number of hydrogen-bond donors (Lipinski definition) is 0. The van der Waals surface area contributed by atoms with Gasteiger partial charge in [-0.25, -0.2) is 4.79 Å². The van der Waals surface area contributed by atoms with Gasteiger partial charge in [0.25, 0.3) is 0 Å². The molecule has 2 heteroatoms. The first-order chi connectivity index (χ1) is 5.39. The summed E-state index contributed by atoms with van der Waals surface area (Å²) in [5, 5.41) is 0. The van der Waals surface area contributed by atoms with E-state index in [1.54, 1.807) is 6.92 Å². The Morgan fingerprint density at radius 1 is 1.50 bits per heavy atom. The first-order valence-electron chi connectivity index (χ1n) is 3.92. The Morgan fingerprint density at radius 3 is 2.33 bits per heavy atom. The maximum atomic E-state index is 11.1. The number of esters is 1. The number of carbonyl (C=O) groups excluding carboxylic acids is 1. The van der Waals surface area contributed by atoms with Gasteiger partial charge in [-0.05, 0) is 33.8 Å². The Hall–Kier alpha value is -1.05. The van der Waals surface area contributed by atoms with Gasteiger partial charge in [-0.3, -0.25) is 0 Å².